The lowest BCUT2D eigenvalue weighted by atomic mass is 10.1. The minimum Gasteiger partial charge on any atom is -0.396 e. The Kier molecular flexibility index (Phi) is 14.7. The van der Waals surface area contributed by atoms with Gasteiger partial charge in [-0.25, -0.2) is 0 Å². The molecule has 1 aliphatic heterocycles. The van der Waals surface area contributed by atoms with E-state index in [-0.39, 0.29) is 57.8 Å². The summed E-state index contributed by atoms with van der Waals surface area (Å²) in [6.07, 6.45) is -0.144. The fraction of sp³-hybridized carbons (Fsp3) is 0.667. The fourth-order valence-electron chi connectivity index (χ4n) is 3.34. The number of guanidine groups is 1. The molecule has 1 fully saturated rings. The average Bonchev–Trinajstić information content (AvgIpc) is 2.87. The van der Waals surface area contributed by atoms with Crippen LogP contribution in [-0.4, -0.2) is 109 Å². The van der Waals surface area contributed by atoms with Crippen molar-refractivity contribution in [2.45, 2.75) is 50.2 Å². The zero-order valence-electron chi connectivity index (χ0n) is 21.0. The monoisotopic (exact) mass is 543 g/mol. The molecular formula is C21H37N9O8. The first kappa shape index (κ1) is 32.0. The highest BCUT2D eigenvalue weighted by Gasteiger charge is 2.29. The van der Waals surface area contributed by atoms with Crippen LogP contribution in [-0.2, 0) is 28.8 Å². The molecule has 12 N–H and O–H groups in total. The van der Waals surface area contributed by atoms with E-state index in [1.54, 1.807) is 0 Å². The molecule has 17 nitrogen and oxygen atoms in total. The number of nitrogens with two attached hydrogens (primary N) is 2. The molecule has 38 heavy (non-hydrogen) atoms. The van der Waals surface area contributed by atoms with Crippen molar-refractivity contribution in [3.8, 4) is 0 Å². The lowest BCUT2D eigenvalue weighted by Gasteiger charge is -2.23. The maximum atomic E-state index is 13.0. The number of nitrogens with one attached hydrogen (secondary N) is 6. The molecule has 0 unspecified atom stereocenters. The first-order valence-corrected chi connectivity index (χ1v) is 12.1. The van der Waals surface area contributed by atoms with Crippen LogP contribution >= 0.6 is 0 Å². The van der Waals surface area contributed by atoms with Crippen molar-refractivity contribution in [1.82, 2.24) is 31.9 Å². The maximum Gasteiger partial charge on any atom is 0.243 e. The molecule has 1 rings (SSSR count). The van der Waals surface area contributed by atoms with Crippen molar-refractivity contribution < 1.29 is 39.0 Å². The Balaban J connectivity index is 3.13. The Bertz CT molecular complexity index is 879. The minimum absolute atomic E-state index is 0.00783. The molecule has 0 bridgehead atoms. The van der Waals surface area contributed by atoms with Gasteiger partial charge in [0.15, 0.2) is 5.96 Å². The van der Waals surface area contributed by atoms with E-state index in [1.165, 1.54) is 0 Å². The van der Waals surface area contributed by atoms with Gasteiger partial charge in [0.1, 0.15) is 18.1 Å². The van der Waals surface area contributed by atoms with Gasteiger partial charge in [-0.1, -0.05) is 0 Å². The topological polar surface area (TPSA) is 279 Å². The van der Waals surface area contributed by atoms with E-state index in [0.29, 0.717) is 0 Å². The van der Waals surface area contributed by atoms with Gasteiger partial charge in [0.05, 0.1) is 19.7 Å². The Morgan fingerprint density at radius 1 is 0.816 bits per heavy atom. The first-order valence-electron chi connectivity index (χ1n) is 12.1. The highest BCUT2D eigenvalue weighted by atomic mass is 16.3. The van der Waals surface area contributed by atoms with Gasteiger partial charge in [-0.3, -0.25) is 33.8 Å². The van der Waals surface area contributed by atoms with E-state index in [2.05, 4.69) is 36.9 Å². The van der Waals surface area contributed by atoms with Crippen LogP contribution < -0.4 is 43.4 Å². The second-order valence-corrected chi connectivity index (χ2v) is 8.31. The highest BCUT2D eigenvalue weighted by molar-refractivity contribution is 5.96. The summed E-state index contributed by atoms with van der Waals surface area (Å²) in [6, 6.07) is -3.58. The van der Waals surface area contributed by atoms with E-state index in [9.17, 15) is 33.9 Å². The number of hydrogen-bond acceptors (Lipinski definition) is 9. The number of carbonyl (C=O) groups excluding carboxylic acids is 6. The van der Waals surface area contributed by atoms with Crippen LogP contribution in [0.2, 0.25) is 0 Å². The van der Waals surface area contributed by atoms with Gasteiger partial charge >= 0.3 is 0 Å². The van der Waals surface area contributed by atoms with Gasteiger partial charge < -0.3 is 53.6 Å². The zero-order chi connectivity index (χ0) is 28.5. The number of nitrogens with zero attached hydrogens (tertiary/aromatic N) is 1. The van der Waals surface area contributed by atoms with Crippen molar-refractivity contribution in [3.63, 3.8) is 0 Å². The van der Waals surface area contributed by atoms with Crippen LogP contribution in [0.3, 0.4) is 0 Å². The van der Waals surface area contributed by atoms with E-state index in [0.717, 1.165) is 0 Å². The van der Waals surface area contributed by atoms with Gasteiger partial charge in [-0.05, 0) is 25.7 Å². The van der Waals surface area contributed by atoms with Crippen LogP contribution in [0.1, 0.15) is 32.1 Å². The Morgan fingerprint density at radius 3 is 1.89 bits per heavy atom. The molecule has 3 atom stereocenters. The van der Waals surface area contributed by atoms with Gasteiger partial charge in [-0.2, -0.15) is 0 Å². The lowest BCUT2D eigenvalue weighted by Crippen LogP contribution is -2.55. The van der Waals surface area contributed by atoms with E-state index in [4.69, 9.17) is 16.6 Å². The average molecular weight is 544 g/mol. The molecule has 0 aliphatic carbocycles. The Hall–Kier alpha value is -3.99. The first-order chi connectivity index (χ1) is 18.1. The number of carbonyl (C=O) groups is 6. The molecule has 0 saturated carbocycles. The quantitative estimate of drug-likeness (QED) is 0.0668. The summed E-state index contributed by atoms with van der Waals surface area (Å²) < 4.78 is 0. The van der Waals surface area contributed by atoms with Gasteiger partial charge in [0, 0.05) is 26.1 Å². The van der Waals surface area contributed by atoms with Crippen LogP contribution in [0.15, 0.2) is 4.99 Å². The molecule has 1 heterocycles. The summed E-state index contributed by atoms with van der Waals surface area (Å²) in [4.78, 5) is 78.9. The summed E-state index contributed by atoms with van der Waals surface area (Å²) in [5, 5.41) is 32.5. The SMILES string of the molecule is NC(N)=NCCC[C@@H]1NC(=O)[C@H](CCC(=O)NCCO)NC(=O)CNC(=O)[C@H](CCO)NC(=O)CNC1=O. The molecular weight excluding hydrogens is 506 g/mol. The molecule has 0 radical (unpaired) electrons. The number of aliphatic hydroxyl groups excluding tert-OH is 2. The van der Waals surface area contributed by atoms with Crippen molar-refractivity contribution in [2.24, 2.45) is 16.5 Å². The van der Waals surface area contributed by atoms with Gasteiger partial charge in [0.25, 0.3) is 0 Å². The van der Waals surface area contributed by atoms with E-state index in [1.807, 2.05) is 0 Å². The van der Waals surface area contributed by atoms with E-state index < -0.39 is 73.3 Å². The predicted molar refractivity (Wildman–Crippen MR) is 133 cm³/mol. The normalized spacial score (nSPS) is 21.4. The largest absolute Gasteiger partial charge is 0.396 e. The Morgan fingerprint density at radius 2 is 1.37 bits per heavy atom. The van der Waals surface area contributed by atoms with Crippen molar-refractivity contribution in [1.29, 1.82) is 0 Å². The summed E-state index contributed by atoms with van der Waals surface area (Å²) in [7, 11) is 0. The lowest BCUT2D eigenvalue weighted by molar-refractivity contribution is -0.133. The third kappa shape index (κ3) is 12.8. The second-order valence-electron chi connectivity index (χ2n) is 8.31. The molecule has 1 aliphatic rings. The molecule has 0 spiro atoms. The molecule has 17 heteroatoms. The van der Waals surface area contributed by atoms with Crippen molar-refractivity contribution in [3.05, 3.63) is 0 Å². The highest BCUT2D eigenvalue weighted by Crippen LogP contribution is 2.04. The molecule has 1 saturated heterocycles. The summed E-state index contributed by atoms with van der Waals surface area (Å²) in [5.74, 6) is -4.39. The Labute approximate surface area is 218 Å². The number of amides is 6. The third-order valence-electron chi connectivity index (χ3n) is 5.24. The summed E-state index contributed by atoms with van der Waals surface area (Å²) in [6.45, 7) is -1.64. The smallest absolute Gasteiger partial charge is 0.243 e. The number of rotatable bonds is 11. The fourth-order valence-corrected chi connectivity index (χ4v) is 3.34. The van der Waals surface area contributed by atoms with Gasteiger partial charge in [0.2, 0.25) is 35.4 Å². The summed E-state index contributed by atoms with van der Waals surface area (Å²) in [5.41, 5.74) is 10.6. The third-order valence-corrected chi connectivity index (χ3v) is 5.24. The van der Waals surface area contributed by atoms with Crippen LogP contribution in [0.5, 0.6) is 0 Å². The second kappa shape index (κ2) is 17.5. The molecule has 0 aromatic rings. The maximum absolute atomic E-state index is 13.0. The number of aliphatic hydroxyl groups is 2. The van der Waals surface area contributed by atoms with Crippen LogP contribution in [0.25, 0.3) is 0 Å². The molecule has 6 amide bonds. The zero-order valence-corrected chi connectivity index (χ0v) is 21.0. The van der Waals surface area contributed by atoms with Gasteiger partial charge in [-0.15, -0.1) is 0 Å². The van der Waals surface area contributed by atoms with Crippen LogP contribution in [0.4, 0.5) is 0 Å². The predicted octanol–water partition coefficient (Wildman–Crippen LogP) is -5.99. The molecule has 0 aromatic carbocycles. The standard InChI is InChI=1S/C21H37N9O8/c22-21(23)25-6-1-2-12-18(36)26-11-17(35)29-14(5-8-31)19(37)27-10-16(34)28-13(20(38)30-12)3-4-15(33)24-7-9-32/h12-14,31-32H,1-11H2,(H,24,33)(H,26,36)(H,27,37)(H,28,34)(H,29,35)(H,30,38)(H4,22,23,25)/t12-,13-,14-/m0/s1. The summed E-state index contributed by atoms with van der Waals surface area (Å²) >= 11 is 0. The minimum atomic E-state index is -1.26. The number of hydrogen-bond donors (Lipinski definition) is 10. The van der Waals surface area contributed by atoms with Crippen LogP contribution in [0, 0.1) is 0 Å². The molecule has 214 valence electrons. The number of aliphatic imine (C=N–C) groups is 1. The van der Waals surface area contributed by atoms with Crippen molar-refractivity contribution in [2.75, 3.05) is 39.4 Å². The van der Waals surface area contributed by atoms with Crippen molar-refractivity contribution >= 4 is 41.4 Å². The molecule has 0 aromatic heterocycles. The van der Waals surface area contributed by atoms with E-state index >= 15 is 0 Å².